The third kappa shape index (κ3) is 31.5. The minimum atomic E-state index is -1.53. The van der Waals surface area contributed by atoms with Crippen molar-refractivity contribution in [3.8, 4) is 0 Å². The summed E-state index contributed by atoms with van der Waals surface area (Å²) < 4.78 is 22.8. The van der Waals surface area contributed by atoms with Gasteiger partial charge in [-0.25, -0.2) is 0 Å². The van der Waals surface area contributed by atoms with Crippen molar-refractivity contribution in [3.05, 3.63) is 24.3 Å². The summed E-state index contributed by atoms with van der Waals surface area (Å²) in [5.74, 6) is -0.314. The van der Waals surface area contributed by atoms with Gasteiger partial charge in [0.25, 0.3) is 0 Å². The van der Waals surface area contributed by atoms with Crippen molar-refractivity contribution in [2.75, 3.05) is 26.4 Å². The number of ether oxygens (including phenoxy) is 4. The Morgan fingerprint density at radius 1 is 0.552 bits per heavy atom. The predicted molar refractivity (Wildman–Crippen MR) is 238 cm³/mol. The number of rotatable bonds is 42. The number of carbonyl (C=O) groups is 1. The van der Waals surface area contributed by atoms with Gasteiger partial charge in [-0.3, -0.25) is 4.79 Å². The van der Waals surface area contributed by atoms with E-state index in [1.54, 1.807) is 0 Å². The normalized spacial score (nSPS) is 20.4. The molecule has 58 heavy (non-hydrogen) atoms. The number of hydrogen-bond acceptors (Lipinski definition) is 9. The van der Waals surface area contributed by atoms with Gasteiger partial charge < -0.3 is 39.4 Å². The van der Waals surface area contributed by atoms with Crippen molar-refractivity contribution >= 4 is 5.97 Å². The molecule has 1 fully saturated rings. The van der Waals surface area contributed by atoms with Crippen LogP contribution in [-0.4, -0.2) is 89.6 Å². The Bertz CT molecular complexity index is 941. The Hall–Kier alpha value is -1.33. The Balaban J connectivity index is 2.11. The summed E-state index contributed by atoms with van der Waals surface area (Å²) in [5.41, 5.74) is 0. The van der Waals surface area contributed by atoms with Gasteiger partial charge in [-0.15, -0.1) is 0 Å². The van der Waals surface area contributed by atoms with E-state index in [-0.39, 0.29) is 19.2 Å². The Labute approximate surface area is 356 Å². The maximum Gasteiger partial charge on any atom is 0.306 e. The van der Waals surface area contributed by atoms with Crippen LogP contribution in [0.15, 0.2) is 24.3 Å². The molecule has 0 radical (unpaired) electrons. The lowest BCUT2D eigenvalue weighted by molar-refractivity contribution is -0.305. The molecule has 1 aliphatic heterocycles. The van der Waals surface area contributed by atoms with Crippen LogP contribution in [0, 0.1) is 0 Å². The molecule has 9 heteroatoms. The molecule has 1 heterocycles. The molecular formula is C49H92O9. The van der Waals surface area contributed by atoms with E-state index in [9.17, 15) is 25.2 Å². The van der Waals surface area contributed by atoms with E-state index in [2.05, 4.69) is 38.2 Å². The Morgan fingerprint density at radius 3 is 1.48 bits per heavy atom. The van der Waals surface area contributed by atoms with Gasteiger partial charge in [-0.05, 0) is 44.9 Å². The molecule has 1 saturated heterocycles. The Kier molecular flexibility index (Phi) is 38.7. The van der Waals surface area contributed by atoms with Gasteiger partial charge in [0, 0.05) is 13.0 Å². The van der Waals surface area contributed by atoms with Crippen LogP contribution in [-0.2, 0) is 23.7 Å². The molecule has 0 aromatic carbocycles. The van der Waals surface area contributed by atoms with Crippen LogP contribution in [0.4, 0.5) is 0 Å². The summed E-state index contributed by atoms with van der Waals surface area (Å²) >= 11 is 0. The van der Waals surface area contributed by atoms with Crippen LogP contribution in [0.3, 0.4) is 0 Å². The monoisotopic (exact) mass is 825 g/mol. The molecule has 1 aliphatic rings. The van der Waals surface area contributed by atoms with Crippen molar-refractivity contribution in [1.82, 2.24) is 0 Å². The fraction of sp³-hybridized carbons (Fsp3) is 0.898. The summed E-state index contributed by atoms with van der Waals surface area (Å²) in [7, 11) is 0. The van der Waals surface area contributed by atoms with Crippen molar-refractivity contribution in [2.24, 2.45) is 0 Å². The highest BCUT2D eigenvalue weighted by Gasteiger charge is 2.44. The summed E-state index contributed by atoms with van der Waals surface area (Å²) in [5, 5.41) is 40.1. The lowest BCUT2D eigenvalue weighted by Crippen LogP contribution is -2.59. The van der Waals surface area contributed by atoms with E-state index in [4.69, 9.17) is 18.9 Å². The molecule has 0 saturated carbocycles. The summed E-state index contributed by atoms with van der Waals surface area (Å²) in [6.07, 6.45) is 40.9. The smallest absolute Gasteiger partial charge is 0.306 e. The van der Waals surface area contributed by atoms with E-state index in [0.717, 1.165) is 38.5 Å². The maximum atomic E-state index is 12.7. The lowest BCUT2D eigenvalue weighted by Gasteiger charge is -2.39. The SMILES string of the molecule is CCCCCCC/C=C\C/C=C\CCCCCCCCCCCCCCCCOCC(COC1OC(CO)C(O)C(O)C1O)OC(=O)CCCCCCCCCCC. The molecule has 0 aromatic rings. The molecule has 0 amide bonds. The van der Waals surface area contributed by atoms with Crippen LogP contribution >= 0.6 is 0 Å². The van der Waals surface area contributed by atoms with E-state index < -0.39 is 43.4 Å². The van der Waals surface area contributed by atoms with Crippen molar-refractivity contribution in [2.45, 2.75) is 256 Å². The zero-order chi connectivity index (χ0) is 42.2. The highest BCUT2D eigenvalue weighted by molar-refractivity contribution is 5.69. The topological polar surface area (TPSA) is 135 Å². The van der Waals surface area contributed by atoms with Crippen molar-refractivity contribution < 1.29 is 44.2 Å². The second kappa shape index (κ2) is 41.0. The first-order chi connectivity index (χ1) is 28.4. The third-order valence-electron chi connectivity index (χ3n) is 11.4. The van der Waals surface area contributed by atoms with E-state index in [0.29, 0.717) is 13.0 Å². The zero-order valence-electron chi connectivity index (χ0n) is 37.6. The van der Waals surface area contributed by atoms with Crippen LogP contribution < -0.4 is 0 Å². The van der Waals surface area contributed by atoms with Gasteiger partial charge >= 0.3 is 5.97 Å². The summed E-state index contributed by atoms with van der Waals surface area (Å²) in [6.45, 7) is 4.55. The third-order valence-corrected chi connectivity index (χ3v) is 11.4. The number of aliphatic hydroxyl groups is 4. The van der Waals surface area contributed by atoms with E-state index in [1.807, 2.05) is 0 Å². The number of unbranched alkanes of at least 4 members (excludes halogenated alkanes) is 27. The van der Waals surface area contributed by atoms with Gasteiger partial charge in [0.15, 0.2) is 6.29 Å². The predicted octanol–water partition coefficient (Wildman–Crippen LogP) is 11.4. The van der Waals surface area contributed by atoms with Gasteiger partial charge in [0.1, 0.15) is 30.5 Å². The van der Waals surface area contributed by atoms with Gasteiger partial charge in [-0.1, -0.05) is 192 Å². The fourth-order valence-electron chi connectivity index (χ4n) is 7.52. The summed E-state index contributed by atoms with van der Waals surface area (Å²) in [4.78, 5) is 12.7. The van der Waals surface area contributed by atoms with Gasteiger partial charge in [0.05, 0.1) is 19.8 Å². The molecule has 0 bridgehead atoms. The number of carbonyl (C=O) groups excluding carboxylic acids is 1. The molecule has 1 rings (SSSR count). The molecule has 342 valence electrons. The average molecular weight is 825 g/mol. The van der Waals surface area contributed by atoms with Crippen LogP contribution in [0.2, 0.25) is 0 Å². The molecule has 6 atom stereocenters. The number of aliphatic hydroxyl groups excluding tert-OH is 4. The van der Waals surface area contributed by atoms with Crippen LogP contribution in [0.25, 0.3) is 0 Å². The minimum Gasteiger partial charge on any atom is -0.457 e. The van der Waals surface area contributed by atoms with Crippen LogP contribution in [0.5, 0.6) is 0 Å². The number of hydrogen-bond donors (Lipinski definition) is 4. The number of esters is 1. The first-order valence-electron chi connectivity index (χ1n) is 24.4. The first-order valence-corrected chi connectivity index (χ1v) is 24.4. The molecule has 9 nitrogen and oxygen atoms in total. The van der Waals surface area contributed by atoms with Gasteiger partial charge in [0.2, 0.25) is 0 Å². The quantitative estimate of drug-likeness (QED) is 0.0269. The second-order valence-corrected chi connectivity index (χ2v) is 16.9. The van der Waals surface area contributed by atoms with Crippen molar-refractivity contribution in [1.29, 1.82) is 0 Å². The molecule has 0 aromatic heterocycles. The molecule has 0 aliphatic carbocycles. The fourth-order valence-corrected chi connectivity index (χ4v) is 7.52. The van der Waals surface area contributed by atoms with E-state index >= 15 is 0 Å². The lowest BCUT2D eigenvalue weighted by atomic mass is 9.99. The van der Waals surface area contributed by atoms with Crippen LogP contribution in [0.1, 0.15) is 219 Å². The molecule has 6 unspecified atom stereocenters. The molecular weight excluding hydrogens is 733 g/mol. The highest BCUT2D eigenvalue weighted by atomic mass is 16.7. The Morgan fingerprint density at radius 2 is 1.00 bits per heavy atom. The van der Waals surface area contributed by atoms with E-state index in [1.165, 1.54) is 161 Å². The van der Waals surface area contributed by atoms with Crippen molar-refractivity contribution in [3.63, 3.8) is 0 Å². The minimum absolute atomic E-state index is 0.109. The number of allylic oxidation sites excluding steroid dienone is 4. The standard InChI is InChI=1S/C49H92O9/c1-3-5-7-9-11-13-14-15-16-17-18-19-20-21-22-23-24-25-26-27-28-29-31-33-35-37-39-55-41-43(42-56-49-48(54)47(53)46(52)44(40-50)58-49)57-45(51)38-36-34-32-30-12-10-8-6-4-2/h14-15,17-18,43-44,46-50,52-54H,3-13,16,19-42H2,1-2H3/b15-14-,18-17-. The van der Waals surface area contributed by atoms with Gasteiger partial charge in [-0.2, -0.15) is 0 Å². The maximum absolute atomic E-state index is 12.7. The molecule has 0 spiro atoms. The first kappa shape index (κ1) is 54.7. The summed E-state index contributed by atoms with van der Waals surface area (Å²) in [6, 6.07) is 0. The highest BCUT2D eigenvalue weighted by Crippen LogP contribution is 2.23. The zero-order valence-corrected chi connectivity index (χ0v) is 37.6. The molecule has 4 N–H and O–H groups in total. The second-order valence-electron chi connectivity index (χ2n) is 16.9. The average Bonchev–Trinajstić information content (AvgIpc) is 3.22. The largest absolute Gasteiger partial charge is 0.457 e.